The van der Waals surface area contributed by atoms with Crippen molar-refractivity contribution in [3.8, 4) is 5.75 Å². The number of hydrogen-bond donors (Lipinski definition) is 2. The predicted octanol–water partition coefficient (Wildman–Crippen LogP) is 1.22. The van der Waals surface area contributed by atoms with Crippen LogP contribution in [0, 0.1) is 0 Å². The van der Waals surface area contributed by atoms with E-state index in [9.17, 15) is 23.1 Å². The summed E-state index contributed by atoms with van der Waals surface area (Å²) in [6.07, 6.45) is 0.0928. The first kappa shape index (κ1) is 16.4. The molecule has 9 heteroatoms. The van der Waals surface area contributed by atoms with Gasteiger partial charge in [-0.1, -0.05) is 18.2 Å². The highest BCUT2D eigenvalue weighted by molar-refractivity contribution is 7.93. The summed E-state index contributed by atoms with van der Waals surface area (Å²) in [5.41, 5.74) is 1.23. The maximum Gasteiger partial charge on any atom is 0.327 e. The molecule has 2 aliphatic rings. The molecule has 0 spiro atoms. The number of carboxylic acids is 1. The van der Waals surface area contributed by atoms with Crippen molar-refractivity contribution in [1.82, 2.24) is 0 Å². The molecule has 0 saturated heterocycles. The average molecular weight is 374 g/mol. The minimum Gasteiger partial charge on any atom is -0.482 e. The molecule has 1 atom stereocenters. The molecule has 0 unspecified atom stereocenters. The van der Waals surface area contributed by atoms with Crippen molar-refractivity contribution in [2.24, 2.45) is 0 Å². The van der Waals surface area contributed by atoms with Crippen molar-refractivity contribution in [3.63, 3.8) is 0 Å². The lowest BCUT2D eigenvalue weighted by atomic mass is 10.1. The van der Waals surface area contributed by atoms with Crippen LogP contribution in [0.3, 0.4) is 0 Å². The van der Waals surface area contributed by atoms with Crippen molar-refractivity contribution < 1.29 is 27.9 Å². The van der Waals surface area contributed by atoms with E-state index in [1.54, 1.807) is 24.3 Å². The van der Waals surface area contributed by atoms with Crippen LogP contribution in [0.5, 0.6) is 5.75 Å². The summed E-state index contributed by atoms with van der Waals surface area (Å²) in [6.45, 7) is -0.139. The molecule has 0 aliphatic carbocycles. The lowest BCUT2D eigenvalue weighted by Gasteiger charge is -2.25. The van der Waals surface area contributed by atoms with E-state index in [0.29, 0.717) is 17.0 Å². The molecule has 0 bridgehead atoms. The summed E-state index contributed by atoms with van der Waals surface area (Å²) in [5.74, 6) is -1.25. The predicted molar refractivity (Wildman–Crippen MR) is 91.8 cm³/mol. The zero-order chi connectivity index (χ0) is 18.5. The van der Waals surface area contributed by atoms with E-state index in [4.69, 9.17) is 4.74 Å². The topological polar surface area (TPSA) is 113 Å². The van der Waals surface area contributed by atoms with Gasteiger partial charge in [-0.3, -0.25) is 9.10 Å². The van der Waals surface area contributed by atoms with Crippen LogP contribution in [0.15, 0.2) is 47.4 Å². The fourth-order valence-corrected chi connectivity index (χ4v) is 4.85. The number of benzene rings is 2. The number of aliphatic carboxylic acids is 1. The quantitative estimate of drug-likeness (QED) is 0.835. The van der Waals surface area contributed by atoms with Crippen molar-refractivity contribution in [3.05, 3.63) is 48.0 Å². The first-order chi connectivity index (χ1) is 12.4. The zero-order valence-corrected chi connectivity index (χ0v) is 14.2. The van der Waals surface area contributed by atoms with Gasteiger partial charge in [-0.05, 0) is 29.8 Å². The van der Waals surface area contributed by atoms with Crippen LogP contribution in [0.2, 0.25) is 0 Å². The van der Waals surface area contributed by atoms with Crippen LogP contribution in [-0.4, -0.2) is 38.0 Å². The molecule has 2 N–H and O–H groups in total. The second-order valence-corrected chi connectivity index (χ2v) is 7.80. The molecule has 2 aromatic carbocycles. The van der Waals surface area contributed by atoms with Crippen molar-refractivity contribution in [2.45, 2.75) is 17.4 Å². The van der Waals surface area contributed by atoms with Gasteiger partial charge >= 0.3 is 5.97 Å². The number of carbonyl (C=O) groups excluding carboxylic acids is 1. The van der Waals surface area contributed by atoms with E-state index >= 15 is 0 Å². The molecule has 8 nitrogen and oxygen atoms in total. The highest BCUT2D eigenvalue weighted by Gasteiger charge is 2.42. The van der Waals surface area contributed by atoms with Gasteiger partial charge < -0.3 is 15.2 Å². The number of rotatable bonds is 3. The van der Waals surface area contributed by atoms with Crippen LogP contribution >= 0.6 is 0 Å². The van der Waals surface area contributed by atoms with Gasteiger partial charge in [0.2, 0.25) is 0 Å². The molecule has 2 aromatic rings. The van der Waals surface area contributed by atoms with E-state index in [1.165, 1.54) is 18.2 Å². The number of ether oxygens (including phenoxy) is 1. The molecule has 0 radical (unpaired) electrons. The van der Waals surface area contributed by atoms with Gasteiger partial charge in [-0.15, -0.1) is 0 Å². The maximum absolute atomic E-state index is 13.2. The summed E-state index contributed by atoms with van der Waals surface area (Å²) >= 11 is 0. The van der Waals surface area contributed by atoms with Crippen LogP contribution in [0.25, 0.3) is 0 Å². The Morgan fingerprint density at radius 1 is 1.23 bits per heavy atom. The largest absolute Gasteiger partial charge is 0.482 e. The third kappa shape index (κ3) is 2.48. The molecule has 2 heterocycles. The minimum absolute atomic E-state index is 0.0928. The molecule has 0 aromatic heterocycles. The number of anilines is 2. The number of para-hydroxylation sites is 1. The molecular weight excluding hydrogens is 360 g/mol. The van der Waals surface area contributed by atoms with Gasteiger partial charge in [0.25, 0.3) is 15.9 Å². The Morgan fingerprint density at radius 3 is 2.77 bits per heavy atom. The van der Waals surface area contributed by atoms with Gasteiger partial charge in [-0.2, -0.15) is 0 Å². The number of carboxylic acid groups (broad SMARTS) is 1. The molecule has 0 saturated carbocycles. The fourth-order valence-electron chi connectivity index (χ4n) is 3.18. The summed E-state index contributed by atoms with van der Waals surface area (Å²) in [7, 11) is -4.15. The van der Waals surface area contributed by atoms with Crippen LogP contribution < -0.4 is 14.4 Å². The Hall–Kier alpha value is -3.07. The normalized spacial score (nSPS) is 18.5. The first-order valence-corrected chi connectivity index (χ1v) is 9.24. The van der Waals surface area contributed by atoms with Gasteiger partial charge in [0.05, 0.1) is 16.3 Å². The van der Waals surface area contributed by atoms with Crippen LogP contribution in [0.4, 0.5) is 11.4 Å². The number of hydrogen-bond acceptors (Lipinski definition) is 5. The highest BCUT2D eigenvalue weighted by Crippen LogP contribution is 2.38. The summed E-state index contributed by atoms with van der Waals surface area (Å²) in [6, 6.07) is 9.53. The summed E-state index contributed by atoms with van der Waals surface area (Å²) in [5, 5.41) is 12.1. The van der Waals surface area contributed by atoms with E-state index in [2.05, 4.69) is 5.32 Å². The Labute approximate surface area is 149 Å². The average Bonchev–Trinajstić information content (AvgIpc) is 3.01. The number of amides is 1. The van der Waals surface area contributed by atoms with Crippen molar-refractivity contribution >= 4 is 33.3 Å². The molecule has 2 aliphatic heterocycles. The van der Waals surface area contributed by atoms with Crippen molar-refractivity contribution in [2.75, 3.05) is 16.2 Å². The number of sulfonamides is 1. The lowest BCUT2D eigenvalue weighted by Crippen LogP contribution is -2.42. The fraction of sp³-hybridized carbons (Fsp3) is 0.176. The number of nitrogens with zero attached hydrogens (tertiary/aromatic N) is 1. The highest BCUT2D eigenvalue weighted by atomic mass is 32.2. The lowest BCUT2D eigenvalue weighted by molar-refractivity contribution is -0.138. The monoisotopic (exact) mass is 374 g/mol. The van der Waals surface area contributed by atoms with E-state index in [-0.39, 0.29) is 29.5 Å². The number of fused-ring (bicyclic) bond motifs is 2. The van der Waals surface area contributed by atoms with Gasteiger partial charge in [0.1, 0.15) is 11.8 Å². The molecule has 26 heavy (non-hydrogen) atoms. The number of carbonyl (C=O) groups is 2. The van der Waals surface area contributed by atoms with Gasteiger partial charge in [-0.25, -0.2) is 13.2 Å². The third-order valence-corrected chi connectivity index (χ3v) is 6.17. The van der Waals surface area contributed by atoms with Crippen LogP contribution in [-0.2, 0) is 26.0 Å². The van der Waals surface area contributed by atoms with E-state index < -0.39 is 22.0 Å². The molecule has 4 rings (SSSR count). The van der Waals surface area contributed by atoms with E-state index in [0.717, 1.165) is 4.31 Å². The first-order valence-electron chi connectivity index (χ1n) is 7.80. The smallest absolute Gasteiger partial charge is 0.327 e. The summed E-state index contributed by atoms with van der Waals surface area (Å²) in [4.78, 5) is 23.0. The third-order valence-electron chi connectivity index (χ3n) is 4.35. The maximum atomic E-state index is 13.2. The van der Waals surface area contributed by atoms with Crippen LogP contribution in [0.1, 0.15) is 5.56 Å². The standard InChI is InChI=1S/C17H14N2O6S/c20-16-9-25-15-6-5-11(8-12(15)18-16)26(23,24)19-13-4-2-1-3-10(13)7-14(19)17(21)22/h1-6,8,14H,7,9H2,(H,18,20)(H,21,22)/t14-/m0/s1. The second-order valence-electron chi connectivity index (χ2n) is 5.98. The second kappa shape index (κ2) is 5.73. The van der Waals surface area contributed by atoms with Gasteiger partial charge in [0.15, 0.2) is 6.61 Å². The Balaban J connectivity index is 1.82. The SMILES string of the molecule is O=C1COc2ccc(S(=O)(=O)N3c4ccccc4C[C@H]3C(=O)O)cc2N1. The Morgan fingerprint density at radius 2 is 2.00 bits per heavy atom. The molecule has 0 fully saturated rings. The molecular formula is C17H14N2O6S. The number of nitrogens with one attached hydrogen (secondary N) is 1. The Kier molecular flexibility index (Phi) is 3.62. The van der Waals surface area contributed by atoms with Gasteiger partial charge in [0, 0.05) is 6.42 Å². The Bertz CT molecular complexity index is 1030. The molecule has 134 valence electrons. The van der Waals surface area contributed by atoms with Crippen molar-refractivity contribution in [1.29, 1.82) is 0 Å². The van der Waals surface area contributed by atoms with E-state index in [1.807, 2.05) is 0 Å². The summed E-state index contributed by atoms with van der Waals surface area (Å²) < 4.78 is 32.5. The zero-order valence-electron chi connectivity index (χ0n) is 13.4. The minimum atomic E-state index is -4.15. The molecule has 1 amide bonds.